The Kier molecular flexibility index (Phi) is 6.49. The van der Waals surface area contributed by atoms with Crippen molar-refractivity contribution >= 4 is 34.5 Å². The number of benzene rings is 2. The third-order valence-corrected chi connectivity index (χ3v) is 4.28. The number of anilines is 1. The van der Waals surface area contributed by atoms with Gasteiger partial charge in [0.25, 0.3) is 0 Å². The van der Waals surface area contributed by atoms with Crippen molar-refractivity contribution in [2.45, 2.75) is 20.3 Å². The summed E-state index contributed by atoms with van der Waals surface area (Å²) in [6.45, 7) is 5.04. The van der Waals surface area contributed by atoms with Gasteiger partial charge in [-0.1, -0.05) is 41.4 Å². The smallest absolute Gasteiger partial charge is 0.333 e. The van der Waals surface area contributed by atoms with Gasteiger partial charge in [0.2, 0.25) is 0 Å². The van der Waals surface area contributed by atoms with E-state index in [1.54, 1.807) is 0 Å². The molecule has 0 unspecified atom stereocenters. The summed E-state index contributed by atoms with van der Waals surface area (Å²) in [5, 5.41) is 2.92. The first-order valence-corrected chi connectivity index (χ1v) is 9.33. The van der Waals surface area contributed by atoms with Crippen LogP contribution in [0.15, 0.2) is 42.5 Å². The van der Waals surface area contributed by atoms with Crippen molar-refractivity contribution in [3.63, 3.8) is 0 Å². The number of amides is 2. The fourth-order valence-electron chi connectivity index (χ4n) is 2.64. The van der Waals surface area contributed by atoms with Gasteiger partial charge in [0, 0.05) is 6.54 Å². The van der Waals surface area contributed by atoms with Crippen LogP contribution in [0, 0.1) is 13.8 Å². The highest BCUT2D eigenvalue weighted by atomic mass is 35.5. The molecule has 0 bridgehead atoms. The summed E-state index contributed by atoms with van der Waals surface area (Å²) in [5.41, 5.74) is 8.85. The molecule has 3 rings (SSSR count). The molecule has 0 radical (unpaired) electrons. The lowest BCUT2D eigenvalue weighted by atomic mass is 10.1. The van der Waals surface area contributed by atoms with Crippen molar-refractivity contribution in [2.75, 3.05) is 18.6 Å². The molecule has 146 valence electrons. The lowest BCUT2D eigenvalue weighted by Crippen LogP contribution is -2.40. The molecule has 0 saturated carbocycles. The number of carbonyl (C=O) groups is 1. The number of para-hydroxylation sites is 2. The minimum atomic E-state index is -0.391. The topological polar surface area (TPSA) is 88.2 Å². The number of fused-ring (bicyclic) bond motifs is 1. The Balaban J connectivity index is 1.39. The van der Waals surface area contributed by atoms with Gasteiger partial charge in [-0.25, -0.2) is 14.8 Å². The minimum Gasteiger partial charge on any atom is -0.493 e. The molecule has 0 atom stereocenters. The fraction of sp³-hybridized carbons (Fsp3) is 0.250. The van der Waals surface area contributed by atoms with Crippen molar-refractivity contribution in [1.29, 1.82) is 0 Å². The van der Waals surface area contributed by atoms with Crippen LogP contribution < -0.4 is 20.9 Å². The lowest BCUT2D eigenvalue weighted by Gasteiger charge is -2.12. The molecule has 0 saturated heterocycles. The Morgan fingerprint density at radius 2 is 1.86 bits per heavy atom. The van der Waals surface area contributed by atoms with Crippen molar-refractivity contribution < 1.29 is 9.53 Å². The van der Waals surface area contributed by atoms with Gasteiger partial charge < -0.3 is 10.1 Å². The normalized spacial score (nSPS) is 10.5. The number of urea groups is 1. The Hall–Kier alpha value is -3.06. The molecule has 0 aliphatic heterocycles. The zero-order chi connectivity index (χ0) is 19.9. The highest BCUT2D eigenvalue weighted by Crippen LogP contribution is 2.20. The Morgan fingerprint density at radius 1 is 1.11 bits per heavy atom. The first kappa shape index (κ1) is 19.7. The maximum Gasteiger partial charge on any atom is 0.333 e. The largest absolute Gasteiger partial charge is 0.493 e. The average Bonchev–Trinajstić information content (AvgIpc) is 2.67. The minimum absolute atomic E-state index is 0.181. The zero-order valence-corrected chi connectivity index (χ0v) is 16.5. The first-order chi connectivity index (χ1) is 13.5. The van der Waals surface area contributed by atoms with E-state index in [0.717, 1.165) is 11.3 Å². The molecule has 28 heavy (non-hydrogen) atoms. The number of aryl methyl sites for hydroxylation is 2. The van der Waals surface area contributed by atoms with Crippen molar-refractivity contribution in [1.82, 2.24) is 20.7 Å². The summed E-state index contributed by atoms with van der Waals surface area (Å²) in [4.78, 5) is 20.5. The highest BCUT2D eigenvalue weighted by molar-refractivity contribution is 6.32. The number of nitrogens with zero attached hydrogens (tertiary/aromatic N) is 2. The van der Waals surface area contributed by atoms with Crippen LogP contribution in [-0.4, -0.2) is 29.2 Å². The Bertz CT molecular complexity index is 980. The van der Waals surface area contributed by atoms with Crippen LogP contribution >= 0.6 is 11.6 Å². The van der Waals surface area contributed by atoms with E-state index in [1.165, 1.54) is 5.56 Å². The molecule has 8 heteroatoms. The van der Waals surface area contributed by atoms with Crippen LogP contribution in [0.5, 0.6) is 5.75 Å². The Morgan fingerprint density at radius 3 is 2.61 bits per heavy atom. The third-order valence-electron chi connectivity index (χ3n) is 4.02. The number of hydrogen-bond acceptors (Lipinski definition) is 5. The van der Waals surface area contributed by atoms with Crippen molar-refractivity contribution in [3.8, 4) is 5.75 Å². The second-order valence-electron chi connectivity index (χ2n) is 6.33. The van der Waals surface area contributed by atoms with Gasteiger partial charge in [-0.2, -0.15) is 0 Å². The van der Waals surface area contributed by atoms with E-state index in [4.69, 9.17) is 16.3 Å². The van der Waals surface area contributed by atoms with Crippen LogP contribution in [0.25, 0.3) is 11.0 Å². The van der Waals surface area contributed by atoms with Gasteiger partial charge in [-0.3, -0.25) is 10.9 Å². The van der Waals surface area contributed by atoms with Gasteiger partial charge >= 0.3 is 6.03 Å². The summed E-state index contributed by atoms with van der Waals surface area (Å²) >= 11 is 6.09. The predicted molar refractivity (Wildman–Crippen MR) is 111 cm³/mol. The monoisotopic (exact) mass is 399 g/mol. The number of nitrogens with one attached hydrogen (secondary N) is 3. The number of hydrazine groups is 1. The highest BCUT2D eigenvalue weighted by Gasteiger charge is 2.07. The summed E-state index contributed by atoms with van der Waals surface area (Å²) in [6.07, 6.45) is 0.678. The Labute approximate surface area is 168 Å². The standard InChI is InChI=1S/C20H22ClN5O2/c1-13-8-9-17(14(2)12-13)28-11-5-10-22-20(27)26-25-19-18(21)23-15-6-3-4-7-16(15)24-19/h3-4,6-9,12H,5,10-11H2,1-2H3,(H,24,25)(H2,22,26,27). The van der Waals surface area contributed by atoms with E-state index < -0.39 is 6.03 Å². The van der Waals surface area contributed by atoms with E-state index in [-0.39, 0.29) is 11.0 Å². The average molecular weight is 400 g/mol. The van der Waals surface area contributed by atoms with Crippen LogP contribution in [0.2, 0.25) is 5.15 Å². The SMILES string of the molecule is Cc1ccc(OCCCNC(=O)NNc2nc3ccccc3nc2Cl)c(C)c1. The summed E-state index contributed by atoms with van der Waals surface area (Å²) in [6, 6.07) is 13.0. The molecular formula is C20H22ClN5O2. The fourth-order valence-corrected chi connectivity index (χ4v) is 2.82. The van der Waals surface area contributed by atoms with E-state index in [1.807, 2.05) is 50.2 Å². The van der Waals surface area contributed by atoms with Crippen LogP contribution in [0.3, 0.4) is 0 Å². The lowest BCUT2D eigenvalue weighted by molar-refractivity contribution is 0.241. The number of halogens is 1. The molecule has 1 heterocycles. The molecule has 3 aromatic rings. The van der Waals surface area contributed by atoms with Crippen LogP contribution in [0.4, 0.5) is 10.6 Å². The first-order valence-electron chi connectivity index (χ1n) is 8.95. The molecule has 3 N–H and O–H groups in total. The second-order valence-corrected chi connectivity index (χ2v) is 6.69. The third kappa shape index (κ3) is 5.23. The summed E-state index contributed by atoms with van der Waals surface area (Å²) in [7, 11) is 0. The van der Waals surface area contributed by atoms with Crippen molar-refractivity contribution in [2.24, 2.45) is 0 Å². The quantitative estimate of drug-likeness (QED) is 0.413. The molecule has 2 aromatic carbocycles. The number of ether oxygens (including phenoxy) is 1. The summed E-state index contributed by atoms with van der Waals surface area (Å²) in [5.74, 6) is 1.15. The number of carbonyl (C=O) groups excluding carboxylic acids is 1. The maximum atomic E-state index is 11.9. The van der Waals surface area contributed by atoms with Crippen LogP contribution in [0.1, 0.15) is 17.5 Å². The summed E-state index contributed by atoms with van der Waals surface area (Å²) < 4.78 is 5.74. The molecule has 2 amide bonds. The zero-order valence-electron chi connectivity index (χ0n) is 15.8. The predicted octanol–water partition coefficient (Wildman–Crippen LogP) is 4.00. The molecule has 1 aromatic heterocycles. The van der Waals surface area contributed by atoms with E-state index in [9.17, 15) is 4.79 Å². The molecule has 7 nitrogen and oxygen atoms in total. The van der Waals surface area contributed by atoms with Gasteiger partial charge in [0.15, 0.2) is 11.0 Å². The number of hydrogen-bond donors (Lipinski definition) is 3. The maximum absolute atomic E-state index is 11.9. The molecular weight excluding hydrogens is 378 g/mol. The second kappa shape index (κ2) is 9.23. The van der Waals surface area contributed by atoms with E-state index in [0.29, 0.717) is 30.6 Å². The van der Waals surface area contributed by atoms with Gasteiger partial charge in [-0.15, -0.1) is 0 Å². The van der Waals surface area contributed by atoms with Crippen molar-refractivity contribution in [3.05, 3.63) is 58.7 Å². The van der Waals surface area contributed by atoms with E-state index >= 15 is 0 Å². The molecule has 0 aliphatic rings. The molecule has 0 fully saturated rings. The van der Waals surface area contributed by atoms with Gasteiger partial charge in [0.1, 0.15) is 5.75 Å². The number of rotatable bonds is 7. The van der Waals surface area contributed by atoms with Gasteiger partial charge in [-0.05, 0) is 44.0 Å². The molecule has 0 aliphatic carbocycles. The van der Waals surface area contributed by atoms with Gasteiger partial charge in [0.05, 0.1) is 17.6 Å². The van der Waals surface area contributed by atoms with Crippen LogP contribution in [-0.2, 0) is 0 Å². The number of aromatic nitrogens is 2. The van der Waals surface area contributed by atoms with E-state index in [2.05, 4.69) is 32.2 Å². The molecule has 0 spiro atoms.